The second-order valence-electron chi connectivity index (χ2n) is 5.24. The molecule has 0 saturated heterocycles. The van der Waals surface area contributed by atoms with E-state index in [4.69, 9.17) is 16.3 Å². The molecule has 1 aromatic rings. The number of hydrogen-bond donors (Lipinski definition) is 0. The summed E-state index contributed by atoms with van der Waals surface area (Å²) in [7, 11) is 0. The van der Waals surface area contributed by atoms with Gasteiger partial charge in [0.1, 0.15) is 0 Å². The van der Waals surface area contributed by atoms with Crippen LogP contribution in [0.25, 0.3) is 0 Å². The fourth-order valence-corrected chi connectivity index (χ4v) is 3.00. The Hall–Kier alpha value is -1.06. The van der Waals surface area contributed by atoms with E-state index in [2.05, 4.69) is 4.90 Å². The SMILES string of the molecule is CCOC(=O)CN(Cc1ccccc1Cl)C1CCCC1. The topological polar surface area (TPSA) is 29.5 Å². The molecule has 4 heteroatoms. The fourth-order valence-electron chi connectivity index (χ4n) is 2.80. The van der Waals surface area contributed by atoms with Gasteiger partial charge in [0.2, 0.25) is 0 Å². The van der Waals surface area contributed by atoms with Crippen LogP contribution >= 0.6 is 11.6 Å². The maximum atomic E-state index is 11.8. The molecule has 0 heterocycles. The van der Waals surface area contributed by atoms with Crippen molar-refractivity contribution in [3.8, 4) is 0 Å². The van der Waals surface area contributed by atoms with Gasteiger partial charge in [0, 0.05) is 17.6 Å². The first-order valence-electron chi connectivity index (χ1n) is 7.33. The Morgan fingerprint density at radius 1 is 1.35 bits per heavy atom. The molecule has 1 aliphatic carbocycles. The van der Waals surface area contributed by atoms with E-state index in [9.17, 15) is 4.79 Å². The molecule has 1 aliphatic rings. The Balaban J connectivity index is 2.05. The molecule has 0 aliphatic heterocycles. The highest BCUT2D eigenvalue weighted by Gasteiger charge is 2.25. The van der Waals surface area contributed by atoms with Gasteiger partial charge in [-0.25, -0.2) is 0 Å². The standard InChI is InChI=1S/C16H22ClNO2/c1-2-20-16(19)12-18(14-8-4-5-9-14)11-13-7-3-6-10-15(13)17/h3,6-7,10,14H,2,4-5,8-9,11-12H2,1H3. The lowest BCUT2D eigenvalue weighted by Gasteiger charge is -2.28. The zero-order valence-electron chi connectivity index (χ0n) is 12.0. The molecule has 110 valence electrons. The number of halogens is 1. The summed E-state index contributed by atoms with van der Waals surface area (Å²) >= 11 is 6.23. The lowest BCUT2D eigenvalue weighted by Crippen LogP contribution is -2.37. The number of nitrogens with zero attached hydrogens (tertiary/aromatic N) is 1. The van der Waals surface area contributed by atoms with E-state index in [1.54, 1.807) is 0 Å². The van der Waals surface area contributed by atoms with Crippen molar-refractivity contribution in [2.75, 3.05) is 13.2 Å². The predicted molar refractivity (Wildman–Crippen MR) is 80.8 cm³/mol. The molecule has 0 radical (unpaired) electrons. The molecule has 0 unspecified atom stereocenters. The minimum atomic E-state index is -0.147. The van der Waals surface area contributed by atoms with Crippen molar-refractivity contribution in [1.82, 2.24) is 4.90 Å². The van der Waals surface area contributed by atoms with E-state index < -0.39 is 0 Å². The Bertz CT molecular complexity index is 444. The lowest BCUT2D eigenvalue weighted by molar-refractivity contribution is -0.145. The third-order valence-electron chi connectivity index (χ3n) is 3.81. The zero-order valence-corrected chi connectivity index (χ0v) is 12.7. The molecule has 20 heavy (non-hydrogen) atoms. The van der Waals surface area contributed by atoms with Crippen molar-refractivity contribution in [3.05, 3.63) is 34.9 Å². The molecule has 2 rings (SSSR count). The van der Waals surface area contributed by atoms with Gasteiger partial charge in [0.25, 0.3) is 0 Å². The molecule has 1 fully saturated rings. The van der Waals surface area contributed by atoms with Crippen LogP contribution in [0.3, 0.4) is 0 Å². The summed E-state index contributed by atoms with van der Waals surface area (Å²) in [6.07, 6.45) is 4.80. The lowest BCUT2D eigenvalue weighted by atomic mass is 10.1. The van der Waals surface area contributed by atoms with Crippen LogP contribution in [0.1, 0.15) is 38.2 Å². The molecule has 1 aromatic carbocycles. The molecule has 1 saturated carbocycles. The van der Waals surface area contributed by atoms with Crippen LogP contribution < -0.4 is 0 Å². The summed E-state index contributed by atoms with van der Waals surface area (Å²) < 4.78 is 5.09. The first-order chi connectivity index (χ1) is 9.70. The molecule has 0 N–H and O–H groups in total. The summed E-state index contributed by atoms with van der Waals surface area (Å²) in [5, 5.41) is 0.763. The molecule has 0 bridgehead atoms. The number of ether oxygens (including phenoxy) is 1. The highest BCUT2D eigenvalue weighted by molar-refractivity contribution is 6.31. The van der Waals surface area contributed by atoms with Crippen LogP contribution in [0.2, 0.25) is 5.02 Å². The Labute approximate surface area is 125 Å². The van der Waals surface area contributed by atoms with E-state index >= 15 is 0 Å². The van der Waals surface area contributed by atoms with Crippen LogP contribution in [0, 0.1) is 0 Å². The summed E-state index contributed by atoms with van der Waals surface area (Å²) in [6, 6.07) is 8.30. The van der Waals surface area contributed by atoms with Gasteiger partial charge in [0.05, 0.1) is 13.2 Å². The Morgan fingerprint density at radius 2 is 2.05 bits per heavy atom. The summed E-state index contributed by atoms with van der Waals surface area (Å²) in [4.78, 5) is 14.0. The van der Waals surface area contributed by atoms with Gasteiger partial charge < -0.3 is 4.74 Å². The zero-order chi connectivity index (χ0) is 14.4. The summed E-state index contributed by atoms with van der Waals surface area (Å²) in [5.74, 6) is -0.147. The monoisotopic (exact) mass is 295 g/mol. The van der Waals surface area contributed by atoms with Crippen molar-refractivity contribution in [2.24, 2.45) is 0 Å². The van der Waals surface area contributed by atoms with Gasteiger partial charge in [-0.1, -0.05) is 42.6 Å². The Kier molecular flexibility index (Phi) is 5.86. The highest BCUT2D eigenvalue weighted by Crippen LogP contribution is 2.26. The second-order valence-corrected chi connectivity index (χ2v) is 5.65. The van der Waals surface area contributed by atoms with Crippen LogP contribution in [0.15, 0.2) is 24.3 Å². The Morgan fingerprint density at radius 3 is 2.70 bits per heavy atom. The molecule has 0 amide bonds. The second kappa shape index (κ2) is 7.65. The van der Waals surface area contributed by atoms with Crippen molar-refractivity contribution in [2.45, 2.75) is 45.2 Å². The van der Waals surface area contributed by atoms with Gasteiger partial charge in [-0.2, -0.15) is 0 Å². The third-order valence-corrected chi connectivity index (χ3v) is 4.18. The van der Waals surface area contributed by atoms with Gasteiger partial charge in [-0.15, -0.1) is 0 Å². The third kappa shape index (κ3) is 4.22. The van der Waals surface area contributed by atoms with E-state index in [-0.39, 0.29) is 5.97 Å². The van der Waals surface area contributed by atoms with Crippen molar-refractivity contribution < 1.29 is 9.53 Å². The molecule has 0 spiro atoms. The van der Waals surface area contributed by atoms with E-state index in [1.165, 1.54) is 12.8 Å². The quantitative estimate of drug-likeness (QED) is 0.750. The molecule has 3 nitrogen and oxygen atoms in total. The number of carbonyl (C=O) groups excluding carboxylic acids is 1. The van der Waals surface area contributed by atoms with Gasteiger partial charge in [-0.3, -0.25) is 9.69 Å². The normalized spacial score (nSPS) is 15.8. The van der Waals surface area contributed by atoms with Gasteiger partial charge in [0.15, 0.2) is 0 Å². The highest BCUT2D eigenvalue weighted by atomic mass is 35.5. The number of benzene rings is 1. The van der Waals surface area contributed by atoms with E-state index in [0.29, 0.717) is 25.7 Å². The number of carbonyl (C=O) groups is 1. The summed E-state index contributed by atoms with van der Waals surface area (Å²) in [5.41, 5.74) is 1.07. The maximum absolute atomic E-state index is 11.8. The number of hydrogen-bond acceptors (Lipinski definition) is 3. The molecule has 0 aromatic heterocycles. The average molecular weight is 296 g/mol. The molecular formula is C16H22ClNO2. The molecular weight excluding hydrogens is 274 g/mol. The van der Waals surface area contributed by atoms with Crippen molar-refractivity contribution in [3.63, 3.8) is 0 Å². The molecule has 0 atom stereocenters. The predicted octanol–water partition coefficient (Wildman–Crippen LogP) is 3.65. The van der Waals surface area contributed by atoms with Crippen LogP contribution in [0.4, 0.5) is 0 Å². The van der Waals surface area contributed by atoms with Crippen LogP contribution in [-0.2, 0) is 16.1 Å². The minimum Gasteiger partial charge on any atom is -0.465 e. The fraction of sp³-hybridized carbons (Fsp3) is 0.562. The largest absolute Gasteiger partial charge is 0.465 e. The van der Waals surface area contributed by atoms with E-state index in [0.717, 1.165) is 23.4 Å². The van der Waals surface area contributed by atoms with Crippen LogP contribution in [-0.4, -0.2) is 30.1 Å². The number of esters is 1. The van der Waals surface area contributed by atoms with Crippen LogP contribution in [0.5, 0.6) is 0 Å². The first-order valence-corrected chi connectivity index (χ1v) is 7.71. The van der Waals surface area contributed by atoms with E-state index in [1.807, 2.05) is 31.2 Å². The van der Waals surface area contributed by atoms with Gasteiger partial charge in [-0.05, 0) is 31.4 Å². The van der Waals surface area contributed by atoms with Crippen molar-refractivity contribution in [1.29, 1.82) is 0 Å². The summed E-state index contributed by atoms with van der Waals surface area (Å²) in [6.45, 7) is 3.34. The van der Waals surface area contributed by atoms with Crippen molar-refractivity contribution >= 4 is 17.6 Å². The number of rotatable bonds is 6. The van der Waals surface area contributed by atoms with Gasteiger partial charge >= 0.3 is 5.97 Å². The average Bonchev–Trinajstić information content (AvgIpc) is 2.94. The maximum Gasteiger partial charge on any atom is 0.320 e. The smallest absolute Gasteiger partial charge is 0.320 e. The minimum absolute atomic E-state index is 0.147. The first kappa shape index (κ1) is 15.3.